The van der Waals surface area contributed by atoms with Crippen molar-refractivity contribution in [1.29, 1.82) is 0 Å². The molecule has 0 saturated carbocycles. The third-order valence-corrected chi connectivity index (χ3v) is 3.66. The largest absolute Gasteiger partial charge is 0.294 e. The van der Waals surface area contributed by atoms with Crippen LogP contribution in [-0.4, -0.2) is 10.8 Å². The van der Waals surface area contributed by atoms with Crippen molar-refractivity contribution in [3.8, 4) is 10.6 Å². The van der Waals surface area contributed by atoms with Gasteiger partial charge in [0.25, 0.3) is 0 Å². The summed E-state index contributed by atoms with van der Waals surface area (Å²) >= 11 is 1.46. The van der Waals surface area contributed by atoms with Crippen molar-refractivity contribution in [2.24, 2.45) is 0 Å². The Morgan fingerprint density at radius 3 is 2.38 bits per heavy atom. The van der Waals surface area contributed by atoms with E-state index in [9.17, 15) is 4.79 Å². The molecule has 82 valence electrons. The summed E-state index contributed by atoms with van der Waals surface area (Å²) in [6, 6.07) is 6.17. The SMILES string of the molecule is CC(=O)c1cnc(-c2c(C)cccc2C)s1. The van der Waals surface area contributed by atoms with Gasteiger partial charge in [-0.1, -0.05) is 18.2 Å². The number of hydrogen-bond donors (Lipinski definition) is 0. The number of carbonyl (C=O) groups is 1. The quantitative estimate of drug-likeness (QED) is 0.739. The van der Waals surface area contributed by atoms with E-state index in [2.05, 4.69) is 31.0 Å². The molecule has 1 heterocycles. The van der Waals surface area contributed by atoms with Gasteiger partial charge in [-0.05, 0) is 25.0 Å². The van der Waals surface area contributed by atoms with E-state index < -0.39 is 0 Å². The molecule has 0 spiro atoms. The number of carbonyl (C=O) groups excluding carboxylic acids is 1. The molecule has 0 aliphatic heterocycles. The van der Waals surface area contributed by atoms with Crippen LogP contribution in [0.15, 0.2) is 24.4 Å². The van der Waals surface area contributed by atoms with Crippen LogP contribution in [0.25, 0.3) is 10.6 Å². The molecule has 0 radical (unpaired) electrons. The molecular formula is C13H13NOS. The highest BCUT2D eigenvalue weighted by Gasteiger charge is 2.11. The smallest absolute Gasteiger partial charge is 0.171 e. The molecule has 16 heavy (non-hydrogen) atoms. The van der Waals surface area contributed by atoms with Gasteiger partial charge in [-0.25, -0.2) is 4.98 Å². The Labute approximate surface area is 99.0 Å². The van der Waals surface area contributed by atoms with Gasteiger partial charge in [0.1, 0.15) is 5.01 Å². The molecule has 1 aromatic heterocycles. The molecule has 0 fully saturated rings. The Morgan fingerprint density at radius 2 is 1.88 bits per heavy atom. The number of aryl methyl sites for hydroxylation is 2. The van der Waals surface area contributed by atoms with Crippen LogP contribution < -0.4 is 0 Å². The summed E-state index contributed by atoms with van der Waals surface area (Å²) in [5, 5.41) is 0.931. The van der Waals surface area contributed by atoms with E-state index in [0.29, 0.717) is 0 Å². The van der Waals surface area contributed by atoms with Crippen molar-refractivity contribution in [2.45, 2.75) is 20.8 Å². The second kappa shape index (κ2) is 4.18. The number of benzene rings is 1. The van der Waals surface area contributed by atoms with Gasteiger partial charge >= 0.3 is 0 Å². The molecule has 0 bridgehead atoms. The number of nitrogens with zero attached hydrogens (tertiary/aromatic N) is 1. The van der Waals surface area contributed by atoms with Gasteiger partial charge in [0.15, 0.2) is 5.78 Å². The van der Waals surface area contributed by atoms with Gasteiger partial charge in [-0.15, -0.1) is 11.3 Å². The molecule has 0 saturated heterocycles. The predicted molar refractivity (Wildman–Crippen MR) is 67.0 cm³/mol. The summed E-state index contributed by atoms with van der Waals surface area (Å²) in [6.07, 6.45) is 1.66. The molecule has 1 aromatic carbocycles. The van der Waals surface area contributed by atoms with Gasteiger partial charge in [-0.2, -0.15) is 0 Å². The van der Waals surface area contributed by atoms with Crippen LogP contribution in [0.3, 0.4) is 0 Å². The summed E-state index contributed by atoms with van der Waals surface area (Å²) < 4.78 is 0. The Kier molecular flexibility index (Phi) is 2.88. The first kappa shape index (κ1) is 11.0. The number of rotatable bonds is 2. The van der Waals surface area contributed by atoms with E-state index in [1.807, 2.05) is 6.07 Å². The van der Waals surface area contributed by atoms with Crippen LogP contribution in [0.5, 0.6) is 0 Å². The summed E-state index contributed by atoms with van der Waals surface area (Å²) in [4.78, 5) is 16.3. The highest BCUT2D eigenvalue weighted by Crippen LogP contribution is 2.30. The fourth-order valence-electron chi connectivity index (χ4n) is 1.70. The fraction of sp³-hybridized carbons (Fsp3) is 0.231. The third-order valence-electron chi connectivity index (χ3n) is 2.55. The van der Waals surface area contributed by atoms with Crippen molar-refractivity contribution < 1.29 is 4.79 Å². The molecule has 0 N–H and O–H groups in total. The maximum Gasteiger partial charge on any atom is 0.171 e. The van der Waals surface area contributed by atoms with Gasteiger partial charge in [0.2, 0.25) is 0 Å². The molecule has 0 atom stereocenters. The van der Waals surface area contributed by atoms with Crippen LogP contribution in [0, 0.1) is 13.8 Å². The molecule has 2 aromatic rings. The summed E-state index contributed by atoms with van der Waals surface area (Å²) in [6.45, 7) is 5.70. The number of Topliss-reactive ketones (excluding diaryl/α,β-unsaturated/α-hetero) is 1. The number of ketones is 1. The standard InChI is InChI=1S/C13H13NOS/c1-8-5-4-6-9(2)12(8)13-14-7-11(16-13)10(3)15/h4-7H,1-3H3. The molecule has 0 unspecified atom stereocenters. The van der Waals surface area contributed by atoms with Gasteiger partial charge in [-0.3, -0.25) is 4.79 Å². The second-order valence-corrected chi connectivity index (χ2v) is 4.88. The number of thiazole rings is 1. The predicted octanol–water partition coefficient (Wildman–Crippen LogP) is 3.63. The Hall–Kier alpha value is -1.48. The van der Waals surface area contributed by atoms with E-state index in [4.69, 9.17) is 0 Å². The van der Waals surface area contributed by atoms with E-state index in [-0.39, 0.29) is 5.78 Å². The highest BCUT2D eigenvalue weighted by molar-refractivity contribution is 7.17. The first-order chi connectivity index (χ1) is 7.59. The molecule has 0 aliphatic rings. The third kappa shape index (κ3) is 1.91. The lowest BCUT2D eigenvalue weighted by molar-refractivity contribution is 0.102. The Morgan fingerprint density at radius 1 is 1.25 bits per heavy atom. The zero-order valence-corrected chi connectivity index (χ0v) is 10.4. The lowest BCUT2D eigenvalue weighted by atomic mass is 10.0. The minimum atomic E-state index is 0.0787. The first-order valence-corrected chi connectivity index (χ1v) is 5.94. The van der Waals surface area contributed by atoms with Crippen LogP contribution in [-0.2, 0) is 0 Å². The lowest BCUT2D eigenvalue weighted by Crippen LogP contribution is -1.86. The average Bonchev–Trinajstić information content (AvgIpc) is 2.66. The number of aromatic nitrogens is 1. The molecule has 2 rings (SSSR count). The maximum atomic E-state index is 11.2. The van der Waals surface area contributed by atoms with E-state index in [0.717, 1.165) is 15.4 Å². The lowest BCUT2D eigenvalue weighted by Gasteiger charge is -2.05. The highest BCUT2D eigenvalue weighted by atomic mass is 32.1. The van der Waals surface area contributed by atoms with Gasteiger partial charge in [0, 0.05) is 18.7 Å². The van der Waals surface area contributed by atoms with E-state index in [1.165, 1.54) is 22.5 Å². The Bertz CT molecular complexity index is 522. The monoisotopic (exact) mass is 231 g/mol. The first-order valence-electron chi connectivity index (χ1n) is 5.13. The summed E-state index contributed by atoms with van der Waals surface area (Å²) in [5.41, 5.74) is 3.55. The number of hydrogen-bond acceptors (Lipinski definition) is 3. The van der Waals surface area contributed by atoms with Crippen LogP contribution in [0.4, 0.5) is 0 Å². The summed E-state index contributed by atoms with van der Waals surface area (Å²) in [5.74, 6) is 0.0787. The zero-order valence-electron chi connectivity index (χ0n) is 9.57. The average molecular weight is 231 g/mol. The topological polar surface area (TPSA) is 30.0 Å². The van der Waals surface area contributed by atoms with Crippen molar-refractivity contribution >= 4 is 17.1 Å². The van der Waals surface area contributed by atoms with Crippen molar-refractivity contribution in [3.63, 3.8) is 0 Å². The maximum absolute atomic E-state index is 11.2. The molecular weight excluding hydrogens is 218 g/mol. The van der Waals surface area contributed by atoms with E-state index >= 15 is 0 Å². The second-order valence-electron chi connectivity index (χ2n) is 3.85. The van der Waals surface area contributed by atoms with Gasteiger partial charge in [0.05, 0.1) is 4.88 Å². The molecule has 2 nitrogen and oxygen atoms in total. The molecule has 0 aliphatic carbocycles. The van der Waals surface area contributed by atoms with Gasteiger partial charge < -0.3 is 0 Å². The van der Waals surface area contributed by atoms with Crippen LogP contribution in [0.2, 0.25) is 0 Å². The zero-order chi connectivity index (χ0) is 11.7. The molecule has 0 amide bonds. The molecule has 3 heteroatoms. The Balaban J connectivity index is 2.54. The summed E-state index contributed by atoms with van der Waals surface area (Å²) in [7, 11) is 0. The van der Waals surface area contributed by atoms with Crippen LogP contribution in [0.1, 0.15) is 27.7 Å². The van der Waals surface area contributed by atoms with Crippen molar-refractivity contribution in [1.82, 2.24) is 4.98 Å². The normalized spacial score (nSPS) is 10.4. The minimum absolute atomic E-state index is 0.0787. The van der Waals surface area contributed by atoms with Crippen LogP contribution >= 0.6 is 11.3 Å². The van der Waals surface area contributed by atoms with Crippen molar-refractivity contribution in [2.75, 3.05) is 0 Å². The van der Waals surface area contributed by atoms with E-state index in [1.54, 1.807) is 13.1 Å². The van der Waals surface area contributed by atoms with Crippen molar-refractivity contribution in [3.05, 3.63) is 40.4 Å². The minimum Gasteiger partial charge on any atom is -0.294 e. The fourth-order valence-corrected chi connectivity index (χ4v) is 2.69.